The van der Waals surface area contributed by atoms with Crippen LogP contribution in [0.3, 0.4) is 0 Å². The number of aromatic nitrogens is 2. The predicted molar refractivity (Wildman–Crippen MR) is 84.3 cm³/mol. The third-order valence-electron chi connectivity index (χ3n) is 3.57. The van der Waals surface area contributed by atoms with Gasteiger partial charge in [-0.2, -0.15) is 5.10 Å². The van der Waals surface area contributed by atoms with E-state index in [9.17, 15) is 0 Å². The average Bonchev–Trinajstić information content (AvgIpc) is 2.86. The molecule has 0 aliphatic carbocycles. The van der Waals surface area contributed by atoms with Crippen LogP contribution in [0, 0.1) is 0 Å². The SMILES string of the molecule is CCCCCC(NCCC)c1c(OC)cnn1C(C)C. The highest BCUT2D eigenvalue weighted by Gasteiger charge is 2.22. The molecule has 4 heteroatoms. The Morgan fingerprint density at radius 2 is 2.00 bits per heavy atom. The van der Waals surface area contributed by atoms with Crippen LogP contribution in [-0.2, 0) is 0 Å². The molecule has 1 heterocycles. The van der Waals surface area contributed by atoms with E-state index in [1.807, 2.05) is 6.20 Å². The average molecular weight is 281 g/mol. The van der Waals surface area contributed by atoms with Crippen molar-refractivity contribution in [2.75, 3.05) is 13.7 Å². The number of methoxy groups -OCH3 is 1. The first-order valence-corrected chi connectivity index (χ1v) is 8.00. The van der Waals surface area contributed by atoms with Crippen LogP contribution < -0.4 is 10.1 Å². The molecule has 0 saturated carbocycles. The van der Waals surface area contributed by atoms with Gasteiger partial charge in [0, 0.05) is 6.04 Å². The smallest absolute Gasteiger partial charge is 0.161 e. The molecule has 1 unspecified atom stereocenters. The Balaban J connectivity index is 2.94. The van der Waals surface area contributed by atoms with Crippen molar-refractivity contribution in [2.24, 2.45) is 0 Å². The minimum Gasteiger partial charge on any atom is -0.493 e. The van der Waals surface area contributed by atoms with E-state index in [1.165, 1.54) is 25.0 Å². The van der Waals surface area contributed by atoms with Gasteiger partial charge in [-0.15, -0.1) is 0 Å². The molecular weight excluding hydrogens is 250 g/mol. The Labute approximate surface area is 123 Å². The lowest BCUT2D eigenvalue weighted by atomic mass is 10.0. The van der Waals surface area contributed by atoms with Gasteiger partial charge < -0.3 is 10.1 Å². The van der Waals surface area contributed by atoms with Gasteiger partial charge in [0.05, 0.1) is 25.0 Å². The van der Waals surface area contributed by atoms with E-state index in [2.05, 4.69) is 42.8 Å². The van der Waals surface area contributed by atoms with E-state index in [0.29, 0.717) is 12.1 Å². The number of hydrogen-bond donors (Lipinski definition) is 1. The van der Waals surface area contributed by atoms with Gasteiger partial charge in [0.15, 0.2) is 5.75 Å². The fourth-order valence-electron chi connectivity index (χ4n) is 2.51. The first kappa shape index (κ1) is 17.0. The van der Waals surface area contributed by atoms with Gasteiger partial charge >= 0.3 is 0 Å². The minimum atomic E-state index is 0.335. The zero-order valence-electron chi connectivity index (χ0n) is 13.8. The van der Waals surface area contributed by atoms with Gasteiger partial charge in [0.25, 0.3) is 0 Å². The van der Waals surface area contributed by atoms with Crippen LogP contribution in [0.1, 0.15) is 77.6 Å². The molecule has 4 nitrogen and oxygen atoms in total. The van der Waals surface area contributed by atoms with Crippen molar-refractivity contribution in [1.29, 1.82) is 0 Å². The molecule has 1 aromatic rings. The second-order valence-electron chi connectivity index (χ2n) is 5.64. The fourth-order valence-corrected chi connectivity index (χ4v) is 2.51. The summed E-state index contributed by atoms with van der Waals surface area (Å²) in [5, 5.41) is 8.16. The topological polar surface area (TPSA) is 39.1 Å². The number of nitrogens with zero attached hydrogens (tertiary/aromatic N) is 2. The summed E-state index contributed by atoms with van der Waals surface area (Å²) in [7, 11) is 1.73. The Morgan fingerprint density at radius 3 is 2.55 bits per heavy atom. The van der Waals surface area contributed by atoms with Crippen LogP contribution in [0.25, 0.3) is 0 Å². The van der Waals surface area contributed by atoms with Gasteiger partial charge in [-0.3, -0.25) is 4.68 Å². The molecule has 0 spiro atoms. The quantitative estimate of drug-likeness (QED) is 0.656. The summed E-state index contributed by atoms with van der Waals surface area (Å²) in [5.41, 5.74) is 1.20. The summed E-state index contributed by atoms with van der Waals surface area (Å²) in [4.78, 5) is 0. The van der Waals surface area contributed by atoms with Crippen molar-refractivity contribution < 1.29 is 4.74 Å². The summed E-state index contributed by atoms with van der Waals surface area (Å²) in [6.07, 6.45) is 7.90. The van der Waals surface area contributed by atoms with E-state index < -0.39 is 0 Å². The standard InChI is InChI=1S/C16H31N3O/c1-6-8-9-10-14(17-11-7-2)16-15(20-5)12-18-19(16)13(3)4/h12-14,17H,6-11H2,1-5H3. The Kier molecular flexibility index (Phi) is 7.67. The highest BCUT2D eigenvalue weighted by molar-refractivity contribution is 5.28. The maximum atomic E-state index is 5.52. The summed E-state index contributed by atoms with van der Waals surface area (Å²) >= 11 is 0. The van der Waals surface area contributed by atoms with E-state index in [0.717, 1.165) is 25.1 Å². The van der Waals surface area contributed by atoms with Crippen molar-refractivity contribution >= 4 is 0 Å². The van der Waals surface area contributed by atoms with Crippen molar-refractivity contribution in [2.45, 2.75) is 71.9 Å². The Hall–Kier alpha value is -1.03. The molecular formula is C16H31N3O. The number of hydrogen-bond acceptors (Lipinski definition) is 3. The molecule has 116 valence electrons. The normalized spacial score (nSPS) is 12.9. The van der Waals surface area contributed by atoms with Gasteiger partial charge in [-0.1, -0.05) is 33.1 Å². The van der Waals surface area contributed by atoms with E-state index in [4.69, 9.17) is 4.74 Å². The molecule has 0 aliphatic heterocycles. The van der Waals surface area contributed by atoms with Crippen molar-refractivity contribution in [1.82, 2.24) is 15.1 Å². The van der Waals surface area contributed by atoms with Gasteiger partial charge in [0.1, 0.15) is 0 Å². The van der Waals surface area contributed by atoms with Crippen LogP contribution in [0.4, 0.5) is 0 Å². The Morgan fingerprint density at radius 1 is 1.25 bits per heavy atom. The number of rotatable bonds is 10. The molecule has 20 heavy (non-hydrogen) atoms. The molecule has 1 N–H and O–H groups in total. The summed E-state index contributed by atoms with van der Waals surface area (Å²) in [5.74, 6) is 0.906. The largest absolute Gasteiger partial charge is 0.493 e. The lowest BCUT2D eigenvalue weighted by molar-refractivity contribution is 0.372. The molecule has 0 fully saturated rings. The molecule has 0 aliphatic rings. The molecule has 1 aromatic heterocycles. The van der Waals surface area contributed by atoms with E-state index in [1.54, 1.807) is 7.11 Å². The van der Waals surface area contributed by atoms with Crippen molar-refractivity contribution in [3.8, 4) is 5.75 Å². The van der Waals surface area contributed by atoms with Crippen LogP contribution in [0.15, 0.2) is 6.20 Å². The molecule has 1 rings (SSSR count). The van der Waals surface area contributed by atoms with E-state index >= 15 is 0 Å². The highest BCUT2D eigenvalue weighted by Crippen LogP contribution is 2.30. The van der Waals surface area contributed by atoms with Crippen LogP contribution in [0.2, 0.25) is 0 Å². The molecule has 0 aromatic carbocycles. The second-order valence-corrected chi connectivity index (χ2v) is 5.64. The summed E-state index contributed by atoms with van der Waals surface area (Å²) < 4.78 is 7.62. The summed E-state index contributed by atoms with van der Waals surface area (Å²) in [6.45, 7) is 9.81. The number of nitrogens with one attached hydrogen (secondary N) is 1. The molecule has 0 amide bonds. The lowest BCUT2D eigenvalue weighted by Crippen LogP contribution is -2.26. The van der Waals surface area contributed by atoms with Crippen LogP contribution >= 0.6 is 0 Å². The van der Waals surface area contributed by atoms with Crippen molar-refractivity contribution in [3.05, 3.63) is 11.9 Å². The first-order chi connectivity index (χ1) is 9.65. The third kappa shape index (κ3) is 4.51. The third-order valence-corrected chi connectivity index (χ3v) is 3.57. The maximum absolute atomic E-state index is 5.52. The zero-order chi connectivity index (χ0) is 15.0. The molecule has 0 bridgehead atoms. The maximum Gasteiger partial charge on any atom is 0.161 e. The zero-order valence-corrected chi connectivity index (χ0v) is 13.8. The monoisotopic (exact) mass is 281 g/mol. The van der Waals surface area contributed by atoms with Crippen LogP contribution in [-0.4, -0.2) is 23.4 Å². The Bertz CT molecular complexity index is 374. The highest BCUT2D eigenvalue weighted by atomic mass is 16.5. The van der Waals surface area contributed by atoms with E-state index in [-0.39, 0.29) is 0 Å². The van der Waals surface area contributed by atoms with Gasteiger partial charge in [-0.25, -0.2) is 0 Å². The molecule has 0 radical (unpaired) electrons. The fraction of sp³-hybridized carbons (Fsp3) is 0.812. The lowest BCUT2D eigenvalue weighted by Gasteiger charge is -2.22. The molecule has 1 atom stereocenters. The number of unbranched alkanes of at least 4 members (excludes halogenated alkanes) is 2. The summed E-state index contributed by atoms with van der Waals surface area (Å²) in [6, 6.07) is 0.687. The van der Waals surface area contributed by atoms with Crippen LogP contribution in [0.5, 0.6) is 5.75 Å². The van der Waals surface area contributed by atoms with Gasteiger partial charge in [0.2, 0.25) is 0 Å². The predicted octanol–water partition coefficient (Wildman–Crippen LogP) is 4.09. The van der Waals surface area contributed by atoms with Gasteiger partial charge in [-0.05, 0) is 33.2 Å². The molecule has 0 saturated heterocycles. The minimum absolute atomic E-state index is 0.335. The number of ether oxygens (including phenoxy) is 1. The van der Waals surface area contributed by atoms with Crippen molar-refractivity contribution in [3.63, 3.8) is 0 Å². The second kappa shape index (κ2) is 9.01. The first-order valence-electron chi connectivity index (χ1n) is 8.00.